The number of furan rings is 1. The Kier molecular flexibility index (Phi) is 5.96. The summed E-state index contributed by atoms with van der Waals surface area (Å²) < 4.78 is 5.20. The molecule has 0 bridgehead atoms. The minimum atomic E-state index is -0.777. The maximum atomic E-state index is 13.8. The first-order valence-corrected chi connectivity index (χ1v) is 11.5. The average molecular weight is 445 g/mol. The molecule has 33 heavy (non-hydrogen) atoms. The van der Waals surface area contributed by atoms with Gasteiger partial charge in [0.05, 0.1) is 19.1 Å². The number of likely N-dealkylation sites (tertiary alicyclic amines) is 1. The summed E-state index contributed by atoms with van der Waals surface area (Å²) in [6, 6.07) is 15.6. The molecule has 3 aromatic rings. The van der Waals surface area contributed by atoms with Gasteiger partial charge in [-0.05, 0) is 42.5 Å². The van der Waals surface area contributed by atoms with Gasteiger partial charge in [-0.1, -0.05) is 36.4 Å². The summed E-state index contributed by atoms with van der Waals surface area (Å²) in [6.45, 7) is 3.09. The summed E-state index contributed by atoms with van der Waals surface area (Å²) in [7, 11) is 0. The number of carbonyl (C=O) groups is 2. The molecule has 0 unspecified atom stereocenters. The maximum absolute atomic E-state index is 13.8. The molecule has 0 atom stereocenters. The number of rotatable bonds is 7. The van der Waals surface area contributed by atoms with Crippen molar-refractivity contribution in [3.8, 4) is 0 Å². The van der Waals surface area contributed by atoms with Crippen LogP contribution in [0.5, 0.6) is 0 Å². The number of pyridine rings is 1. The third-order valence-electron chi connectivity index (χ3n) is 6.82. The molecule has 1 spiro atoms. The zero-order valence-electron chi connectivity index (χ0n) is 18.6. The maximum Gasteiger partial charge on any atom is 0.328 e. The minimum absolute atomic E-state index is 0.0765. The lowest BCUT2D eigenvalue weighted by molar-refractivity contribution is -0.136. The number of piperidine rings is 1. The Labute approximate surface area is 193 Å². The van der Waals surface area contributed by atoms with Crippen LogP contribution in [0.15, 0.2) is 77.9 Å². The first kappa shape index (κ1) is 21.4. The second kappa shape index (κ2) is 9.19. The molecule has 2 aliphatic heterocycles. The van der Waals surface area contributed by atoms with E-state index in [-0.39, 0.29) is 18.5 Å². The molecule has 7 heteroatoms. The Morgan fingerprint density at radius 3 is 2.39 bits per heavy atom. The third-order valence-corrected chi connectivity index (χ3v) is 6.82. The van der Waals surface area contributed by atoms with Crippen molar-refractivity contribution >= 4 is 11.9 Å². The van der Waals surface area contributed by atoms with E-state index in [1.165, 1.54) is 4.90 Å². The smallest absolute Gasteiger partial charge is 0.328 e. The fourth-order valence-electron chi connectivity index (χ4n) is 5.00. The van der Waals surface area contributed by atoms with Gasteiger partial charge < -0.3 is 9.32 Å². The van der Waals surface area contributed by atoms with Crippen LogP contribution in [-0.2, 0) is 24.3 Å². The van der Waals surface area contributed by atoms with Gasteiger partial charge in [-0.2, -0.15) is 0 Å². The van der Waals surface area contributed by atoms with Crippen LogP contribution in [0.3, 0.4) is 0 Å². The van der Waals surface area contributed by atoms with E-state index in [9.17, 15) is 9.59 Å². The van der Waals surface area contributed by atoms with E-state index in [1.807, 2.05) is 41.3 Å². The minimum Gasteiger partial charge on any atom is -0.472 e. The van der Waals surface area contributed by atoms with Crippen LogP contribution in [0.4, 0.5) is 4.79 Å². The second-order valence-corrected chi connectivity index (χ2v) is 8.86. The quantitative estimate of drug-likeness (QED) is 0.520. The molecule has 2 aliphatic rings. The van der Waals surface area contributed by atoms with Gasteiger partial charge in [0.15, 0.2) is 0 Å². The molecule has 2 fully saturated rings. The Bertz CT molecular complexity index is 1080. The molecule has 0 N–H and O–H groups in total. The van der Waals surface area contributed by atoms with E-state index in [1.54, 1.807) is 24.9 Å². The lowest BCUT2D eigenvalue weighted by Gasteiger charge is -2.42. The molecule has 170 valence electrons. The molecule has 4 heterocycles. The molecule has 0 aliphatic carbocycles. The highest BCUT2D eigenvalue weighted by Gasteiger charge is 2.57. The van der Waals surface area contributed by atoms with Crippen molar-refractivity contribution in [2.24, 2.45) is 0 Å². The monoisotopic (exact) mass is 444 g/mol. The predicted octanol–water partition coefficient (Wildman–Crippen LogP) is 3.72. The number of nitrogens with zero attached hydrogens (tertiary/aromatic N) is 4. The van der Waals surface area contributed by atoms with Crippen molar-refractivity contribution in [2.75, 3.05) is 19.6 Å². The summed E-state index contributed by atoms with van der Waals surface area (Å²) in [5.74, 6) is -0.0765. The summed E-state index contributed by atoms with van der Waals surface area (Å²) in [5.41, 5.74) is 2.37. The number of imide groups is 1. The Morgan fingerprint density at radius 2 is 1.70 bits per heavy atom. The largest absolute Gasteiger partial charge is 0.472 e. The molecular weight excluding hydrogens is 416 g/mol. The highest BCUT2D eigenvalue weighted by atomic mass is 16.3. The number of amides is 3. The first-order chi connectivity index (χ1) is 16.2. The zero-order valence-corrected chi connectivity index (χ0v) is 18.6. The van der Waals surface area contributed by atoms with Crippen LogP contribution in [-0.4, -0.2) is 56.8 Å². The van der Waals surface area contributed by atoms with Crippen molar-refractivity contribution < 1.29 is 14.0 Å². The number of hydrogen-bond acceptors (Lipinski definition) is 5. The summed E-state index contributed by atoms with van der Waals surface area (Å²) in [5, 5.41) is 0. The molecule has 2 saturated heterocycles. The molecule has 3 amide bonds. The third kappa shape index (κ3) is 4.28. The van der Waals surface area contributed by atoms with Gasteiger partial charge >= 0.3 is 6.03 Å². The Balaban J connectivity index is 1.36. The lowest BCUT2D eigenvalue weighted by atomic mass is 9.85. The summed E-state index contributed by atoms with van der Waals surface area (Å²) in [6.07, 6.45) is 8.84. The Hall–Kier alpha value is -3.45. The van der Waals surface area contributed by atoms with E-state index >= 15 is 0 Å². The van der Waals surface area contributed by atoms with Crippen LogP contribution >= 0.6 is 0 Å². The number of urea groups is 1. The predicted molar refractivity (Wildman–Crippen MR) is 123 cm³/mol. The molecule has 5 rings (SSSR count). The van der Waals surface area contributed by atoms with Gasteiger partial charge in [-0.15, -0.1) is 0 Å². The number of aromatic nitrogens is 1. The number of carbonyl (C=O) groups excluding carboxylic acids is 2. The standard InChI is InChI=1S/C26H28N4O3/c31-24-26(10-14-28(15-11-26)18-23-9-16-33-20-23)30(13-8-21-5-2-1-3-6-21)25(32)29(24)19-22-7-4-12-27-17-22/h1-7,9,12,16-17,20H,8,10-11,13-15,18-19H2. The van der Waals surface area contributed by atoms with Gasteiger partial charge in [0.2, 0.25) is 0 Å². The van der Waals surface area contributed by atoms with E-state index in [0.717, 1.165) is 42.7 Å². The van der Waals surface area contributed by atoms with E-state index < -0.39 is 5.54 Å². The summed E-state index contributed by atoms with van der Waals surface area (Å²) >= 11 is 0. The Morgan fingerprint density at radius 1 is 0.909 bits per heavy atom. The average Bonchev–Trinajstić information content (AvgIpc) is 3.43. The van der Waals surface area contributed by atoms with Crippen LogP contribution in [0.2, 0.25) is 0 Å². The van der Waals surface area contributed by atoms with Gasteiger partial charge in [0, 0.05) is 44.1 Å². The van der Waals surface area contributed by atoms with Crippen molar-refractivity contribution in [1.29, 1.82) is 0 Å². The molecular formula is C26H28N4O3. The molecule has 0 radical (unpaired) electrons. The fraction of sp³-hybridized carbons (Fsp3) is 0.346. The van der Waals surface area contributed by atoms with Crippen LogP contribution in [0.25, 0.3) is 0 Å². The molecule has 7 nitrogen and oxygen atoms in total. The molecule has 0 saturated carbocycles. The summed E-state index contributed by atoms with van der Waals surface area (Å²) in [4.78, 5) is 37.0. The van der Waals surface area contributed by atoms with E-state index in [0.29, 0.717) is 19.4 Å². The van der Waals surface area contributed by atoms with Crippen molar-refractivity contribution in [3.05, 3.63) is 90.1 Å². The fourth-order valence-corrected chi connectivity index (χ4v) is 5.00. The molecule has 1 aromatic carbocycles. The van der Waals surface area contributed by atoms with Crippen molar-refractivity contribution in [2.45, 2.75) is 37.9 Å². The van der Waals surface area contributed by atoms with E-state index in [4.69, 9.17) is 4.42 Å². The first-order valence-electron chi connectivity index (χ1n) is 11.5. The zero-order chi connectivity index (χ0) is 22.7. The van der Waals surface area contributed by atoms with Crippen LogP contribution in [0.1, 0.15) is 29.5 Å². The normalized spacial score (nSPS) is 18.4. The van der Waals surface area contributed by atoms with Gasteiger partial charge in [0.25, 0.3) is 5.91 Å². The number of hydrogen-bond donors (Lipinski definition) is 0. The molecule has 2 aromatic heterocycles. The SMILES string of the molecule is O=C1N(Cc2cccnc2)C(=O)C2(CCN(Cc3ccoc3)CC2)N1CCc1ccccc1. The lowest BCUT2D eigenvalue weighted by Crippen LogP contribution is -2.56. The van der Waals surface area contributed by atoms with Gasteiger partial charge in [-0.3, -0.25) is 19.6 Å². The number of benzene rings is 1. The highest BCUT2D eigenvalue weighted by Crippen LogP contribution is 2.38. The van der Waals surface area contributed by atoms with Crippen molar-refractivity contribution in [3.63, 3.8) is 0 Å². The van der Waals surface area contributed by atoms with Crippen molar-refractivity contribution in [1.82, 2.24) is 19.7 Å². The van der Waals surface area contributed by atoms with Gasteiger partial charge in [-0.25, -0.2) is 4.79 Å². The van der Waals surface area contributed by atoms with Crippen LogP contribution < -0.4 is 0 Å². The van der Waals surface area contributed by atoms with Gasteiger partial charge in [0.1, 0.15) is 5.54 Å². The highest BCUT2D eigenvalue weighted by molar-refractivity contribution is 6.07. The topological polar surface area (TPSA) is 69.9 Å². The van der Waals surface area contributed by atoms with E-state index in [2.05, 4.69) is 22.0 Å². The van der Waals surface area contributed by atoms with Crippen LogP contribution in [0, 0.1) is 0 Å². The second-order valence-electron chi connectivity index (χ2n) is 8.86.